The highest BCUT2D eigenvalue weighted by atomic mass is 32.1. The van der Waals surface area contributed by atoms with Gasteiger partial charge >= 0.3 is 0 Å². The molecule has 7 heteroatoms. The Morgan fingerprint density at radius 2 is 1.82 bits per heavy atom. The summed E-state index contributed by atoms with van der Waals surface area (Å²) in [5.41, 5.74) is 2.87. The molecular formula is C21H29N5OS. The maximum atomic E-state index is 13.3. The molecule has 1 amide bonds. The van der Waals surface area contributed by atoms with Crippen LogP contribution in [0.4, 0.5) is 0 Å². The average molecular weight is 400 g/mol. The van der Waals surface area contributed by atoms with Crippen LogP contribution in [0.1, 0.15) is 34.9 Å². The first-order valence-corrected chi connectivity index (χ1v) is 10.9. The zero-order chi connectivity index (χ0) is 19.7. The van der Waals surface area contributed by atoms with Crippen LogP contribution in [-0.2, 0) is 17.9 Å². The van der Waals surface area contributed by atoms with E-state index in [1.54, 1.807) is 11.3 Å². The SMILES string of the molecule is Cc1cccc(CN2CCC3(CC2)C(=O)N(C)CCN3Cc2csc(C)n2)n1. The van der Waals surface area contributed by atoms with Crippen LogP contribution in [0.5, 0.6) is 0 Å². The van der Waals surface area contributed by atoms with Gasteiger partial charge in [0.1, 0.15) is 5.54 Å². The number of rotatable bonds is 4. The lowest BCUT2D eigenvalue weighted by Gasteiger charge is -2.52. The maximum Gasteiger partial charge on any atom is 0.242 e. The second-order valence-electron chi connectivity index (χ2n) is 8.08. The Kier molecular flexibility index (Phi) is 5.49. The quantitative estimate of drug-likeness (QED) is 0.791. The van der Waals surface area contributed by atoms with Crippen molar-refractivity contribution in [1.29, 1.82) is 0 Å². The van der Waals surface area contributed by atoms with E-state index >= 15 is 0 Å². The Morgan fingerprint density at radius 3 is 2.50 bits per heavy atom. The number of piperidine rings is 1. The standard InChI is InChI=1S/C21H29N5OS/c1-16-5-4-6-18(22-16)13-25-9-7-21(8-10-25)20(27)24(3)11-12-26(21)14-19-15-28-17(2)23-19/h4-6,15H,7-14H2,1-3H3. The molecule has 0 aliphatic carbocycles. The van der Waals surface area contributed by atoms with Crippen LogP contribution >= 0.6 is 11.3 Å². The van der Waals surface area contributed by atoms with Crippen LogP contribution < -0.4 is 0 Å². The van der Waals surface area contributed by atoms with E-state index in [2.05, 4.69) is 37.3 Å². The fraction of sp³-hybridized carbons (Fsp3) is 0.571. The number of pyridine rings is 1. The number of hydrogen-bond donors (Lipinski definition) is 0. The van der Waals surface area contributed by atoms with E-state index in [0.29, 0.717) is 0 Å². The number of piperazine rings is 1. The Bertz CT molecular complexity index is 843. The number of aryl methyl sites for hydroxylation is 2. The van der Waals surface area contributed by atoms with Crippen molar-refractivity contribution in [3.05, 3.63) is 45.7 Å². The molecule has 0 atom stereocenters. The molecule has 0 aromatic carbocycles. The maximum absolute atomic E-state index is 13.3. The Morgan fingerprint density at radius 1 is 1.04 bits per heavy atom. The third-order valence-corrected chi connectivity index (χ3v) is 6.91. The van der Waals surface area contributed by atoms with Gasteiger partial charge in [-0.1, -0.05) is 6.07 Å². The number of nitrogens with zero attached hydrogens (tertiary/aromatic N) is 5. The van der Waals surface area contributed by atoms with Crippen LogP contribution in [-0.4, -0.2) is 69.3 Å². The van der Waals surface area contributed by atoms with Crippen LogP contribution in [0, 0.1) is 13.8 Å². The van der Waals surface area contributed by atoms with Gasteiger partial charge in [0, 0.05) is 57.4 Å². The van der Waals surface area contributed by atoms with E-state index in [-0.39, 0.29) is 11.4 Å². The summed E-state index contributed by atoms with van der Waals surface area (Å²) in [5.74, 6) is 0.277. The van der Waals surface area contributed by atoms with E-state index in [9.17, 15) is 4.79 Å². The molecule has 0 saturated carbocycles. The number of amides is 1. The minimum Gasteiger partial charge on any atom is -0.343 e. The molecule has 2 saturated heterocycles. The summed E-state index contributed by atoms with van der Waals surface area (Å²) in [6, 6.07) is 6.19. The van der Waals surface area contributed by atoms with Crippen molar-refractivity contribution < 1.29 is 4.79 Å². The molecule has 0 bridgehead atoms. The topological polar surface area (TPSA) is 52.6 Å². The molecule has 2 fully saturated rings. The van der Waals surface area contributed by atoms with Gasteiger partial charge in [0.25, 0.3) is 0 Å². The first-order chi connectivity index (χ1) is 13.5. The number of hydrogen-bond acceptors (Lipinski definition) is 6. The summed E-state index contributed by atoms with van der Waals surface area (Å²) >= 11 is 1.68. The first kappa shape index (κ1) is 19.5. The Hall–Kier alpha value is -1.83. The lowest BCUT2D eigenvalue weighted by Crippen LogP contribution is -2.67. The highest BCUT2D eigenvalue weighted by molar-refractivity contribution is 7.09. The molecule has 4 heterocycles. The zero-order valence-corrected chi connectivity index (χ0v) is 17.8. The summed E-state index contributed by atoms with van der Waals surface area (Å²) in [4.78, 5) is 29.3. The molecule has 0 N–H and O–H groups in total. The molecule has 2 aliphatic rings. The van der Waals surface area contributed by atoms with Crippen molar-refractivity contribution in [2.45, 2.75) is 45.3 Å². The van der Waals surface area contributed by atoms with Crippen molar-refractivity contribution in [2.75, 3.05) is 33.2 Å². The van der Waals surface area contributed by atoms with Gasteiger partial charge < -0.3 is 4.90 Å². The van der Waals surface area contributed by atoms with Crippen LogP contribution in [0.15, 0.2) is 23.6 Å². The predicted molar refractivity (Wildman–Crippen MR) is 111 cm³/mol. The normalized spacial score (nSPS) is 20.8. The van der Waals surface area contributed by atoms with E-state index in [1.165, 1.54) is 0 Å². The Labute approximate surface area is 171 Å². The average Bonchev–Trinajstić information content (AvgIpc) is 3.09. The minimum absolute atomic E-state index is 0.277. The number of carbonyl (C=O) groups excluding carboxylic acids is 1. The molecule has 4 rings (SSSR count). The zero-order valence-electron chi connectivity index (χ0n) is 17.0. The number of likely N-dealkylation sites (tertiary alicyclic amines) is 1. The van der Waals surface area contributed by atoms with Gasteiger partial charge in [0.05, 0.1) is 16.4 Å². The lowest BCUT2D eigenvalue weighted by atomic mass is 9.82. The molecule has 0 unspecified atom stereocenters. The summed E-state index contributed by atoms with van der Waals surface area (Å²) < 4.78 is 0. The molecule has 1 spiro atoms. The van der Waals surface area contributed by atoms with Gasteiger partial charge in [0.15, 0.2) is 0 Å². The molecular weight excluding hydrogens is 370 g/mol. The Balaban J connectivity index is 1.48. The van der Waals surface area contributed by atoms with Crippen molar-refractivity contribution in [3.63, 3.8) is 0 Å². The van der Waals surface area contributed by atoms with Gasteiger partial charge in [-0.05, 0) is 38.8 Å². The van der Waals surface area contributed by atoms with Gasteiger partial charge in [-0.3, -0.25) is 19.6 Å². The van der Waals surface area contributed by atoms with Crippen molar-refractivity contribution in [3.8, 4) is 0 Å². The predicted octanol–water partition coefficient (Wildman–Crippen LogP) is 2.46. The second kappa shape index (κ2) is 7.89. The summed E-state index contributed by atoms with van der Waals surface area (Å²) in [6.45, 7) is 9.24. The van der Waals surface area contributed by atoms with Gasteiger partial charge in [-0.25, -0.2) is 4.98 Å². The van der Waals surface area contributed by atoms with Gasteiger partial charge in [-0.2, -0.15) is 0 Å². The molecule has 2 aromatic rings. The van der Waals surface area contributed by atoms with Gasteiger partial charge in [-0.15, -0.1) is 11.3 Å². The van der Waals surface area contributed by atoms with E-state index < -0.39 is 0 Å². The number of carbonyl (C=O) groups is 1. The molecule has 150 valence electrons. The summed E-state index contributed by atoms with van der Waals surface area (Å²) in [5, 5.41) is 3.22. The third kappa shape index (κ3) is 3.83. The van der Waals surface area contributed by atoms with Crippen molar-refractivity contribution in [2.24, 2.45) is 0 Å². The largest absolute Gasteiger partial charge is 0.343 e. The van der Waals surface area contributed by atoms with Crippen molar-refractivity contribution >= 4 is 17.2 Å². The molecule has 6 nitrogen and oxygen atoms in total. The fourth-order valence-corrected chi connectivity index (χ4v) is 5.12. The van der Waals surface area contributed by atoms with Gasteiger partial charge in [0.2, 0.25) is 5.91 Å². The monoisotopic (exact) mass is 399 g/mol. The van der Waals surface area contributed by atoms with E-state index in [0.717, 1.165) is 74.2 Å². The molecule has 2 aliphatic heterocycles. The molecule has 0 radical (unpaired) electrons. The third-order valence-electron chi connectivity index (χ3n) is 6.09. The van der Waals surface area contributed by atoms with E-state index in [1.807, 2.05) is 31.9 Å². The summed E-state index contributed by atoms with van der Waals surface area (Å²) in [7, 11) is 1.94. The molecule has 2 aromatic heterocycles. The van der Waals surface area contributed by atoms with Crippen LogP contribution in [0.3, 0.4) is 0 Å². The smallest absolute Gasteiger partial charge is 0.242 e. The van der Waals surface area contributed by atoms with Crippen LogP contribution in [0.2, 0.25) is 0 Å². The number of aromatic nitrogens is 2. The first-order valence-electron chi connectivity index (χ1n) is 10.0. The fourth-order valence-electron chi connectivity index (χ4n) is 4.51. The van der Waals surface area contributed by atoms with Crippen molar-refractivity contribution in [1.82, 2.24) is 24.7 Å². The van der Waals surface area contributed by atoms with Crippen LogP contribution in [0.25, 0.3) is 0 Å². The second-order valence-corrected chi connectivity index (χ2v) is 9.15. The summed E-state index contributed by atoms with van der Waals surface area (Å²) in [6.07, 6.45) is 1.73. The van der Waals surface area contributed by atoms with E-state index in [4.69, 9.17) is 0 Å². The highest BCUT2D eigenvalue weighted by Crippen LogP contribution is 2.35. The highest BCUT2D eigenvalue weighted by Gasteiger charge is 2.49. The lowest BCUT2D eigenvalue weighted by molar-refractivity contribution is -0.155. The molecule has 28 heavy (non-hydrogen) atoms. The minimum atomic E-state index is -0.388. The number of likely N-dealkylation sites (N-methyl/N-ethyl adjacent to an activating group) is 1. The number of thiazole rings is 1.